The van der Waals surface area contributed by atoms with E-state index in [2.05, 4.69) is 4.99 Å². The monoisotopic (exact) mass is 475 g/mol. The molecule has 1 aromatic heterocycles. The van der Waals surface area contributed by atoms with Gasteiger partial charge in [-0.15, -0.1) is 0 Å². The Kier molecular flexibility index (Phi) is 5.96. The van der Waals surface area contributed by atoms with Gasteiger partial charge in [-0.3, -0.25) is 9.59 Å². The van der Waals surface area contributed by atoms with E-state index < -0.39 is 70.2 Å². The van der Waals surface area contributed by atoms with E-state index in [1.807, 2.05) is 0 Å². The van der Waals surface area contributed by atoms with Gasteiger partial charge in [0.1, 0.15) is 11.8 Å². The number of primary amides is 1. The van der Waals surface area contributed by atoms with E-state index in [9.17, 15) is 41.9 Å². The summed E-state index contributed by atoms with van der Waals surface area (Å²) in [5.74, 6) is -9.81. The third-order valence-corrected chi connectivity index (χ3v) is 5.78. The maximum absolute atomic E-state index is 14.0. The van der Waals surface area contributed by atoms with Crippen LogP contribution >= 0.6 is 0 Å². The van der Waals surface area contributed by atoms with Crippen LogP contribution in [0.2, 0.25) is 0 Å². The first kappa shape index (κ1) is 24.2. The number of phenolic OH excluding ortho intramolecular Hbond substituents is 1. The van der Waals surface area contributed by atoms with Gasteiger partial charge >= 0.3 is 6.18 Å². The molecular formula is C20H18F5N3O5. The minimum atomic E-state index is -4.97. The van der Waals surface area contributed by atoms with Crippen LogP contribution < -0.4 is 11.1 Å². The second-order valence-corrected chi connectivity index (χ2v) is 7.69. The van der Waals surface area contributed by atoms with E-state index in [0.717, 1.165) is 31.3 Å². The number of aromatic hydroxyl groups is 1. The standard InChI is InChI=1S/C20H18F5N3O5/c1-8-13(10-3-4-11(21)14(22)15(10)29)16(33-19(8,2)20(23,24)25)18(31)27-9-5-6-28(32)12(7-9)17(26)30/h3-8,13,16,29,32H,1-2H3,(H2,26,30)/t8-,13+,16-,19-/m1/s1. The summed E-state index contributed by atoms with van der Waals surface area (Å²) in [7, 11) is 0. The molecule has 0 spiro atoms. The fourth-order valence-electron chi connectivity index (χ4n) is 3.76. The molecule has 33 heavy (non-hydrogen) atoms. The van der Waals surface area contributed by atoms with E-state index in [0.29, 0.717) is 17.7 Å². The molecule has 2 heterocycles. The molecule has 1 aliphatic rings. The number of nitrogens with two attached hydrogens (primary N) is 1. The first-order valence-corrected chi connectivity index (χ1v) is 9.40. The van der Waals surface area contributed by atoms with Crippen LogP contribution in [0.4, 0.5) is 22.0 Å². The molecule has 2 amide bonds. The lowest BCUT2D eigenvalue weighted by atomic mass is 9.77. The van der Waals surface area contributed by atoms with Crippen molar-refractivity contribution >= 4 is 11.8 Å². The summed E-state index contributed by atoms with van der Waals surface area (Å²) in [6.07, 6.45) is -6.01. The molecule has 3 rings (SSSR count). The number of rotatable bonds is 3. The summed E-state index contributed by atoms with van der Waals surface area (Å²) in [6, 6.07) is 3.44. The number of aromatic nitrogens is 1. The lowest BCUT2D eigenvalue weighted by Gasteiger charge is -2.31. The van der Waals surface area contributed by atoms with Crippen LogP contribution in [0.1, 0.15) is 35.8 Å². The molecular weight excluding hydrogens is 457 g/mol. The highest BCUT2D eigenvalue weighted by Gasteiger charge is 2.65. The Balaban J connectivity index is 2.15. The Bertz CT molecular complexity index is 1200. The SMILES string of the molecule is C[C@@H]1[C@@H](c2ccc(F)c(F)c2O)[C@H](C(=O)N=c2ccn(O)c(C(N)=O)c2)O[C@@]1(C)C(F)(F)F. The van der Waals surface area contributed by atoms with Crippen molar-refractivity contribution in [3.8, 4) is 5.75 Å². The van der Waals surface area contributed by atoms with Gasteiger partial charge in [-0.25, -0.2) is 9.38 Å². The summed E-state index contributed by atoms with van der Waals surface area (Å²) in [5, 5.41) is 19.4. The van der Waals surface area contributed by atoms with Crippen LogP contribution in [0, 0.1) is 17.6 Å². The lowest BCUT2D eigenvalue weighted by Crippen LogP contribution is -2.47. The minimum Gasteiger partial charge on any atom is -0.505 e. The molecule has 4 N–H and O–H groups in total. The van der Waals surface area contributed by atoms with E-state index in [-0.39, 0.29) is 5.36 Å². The van der Waals surface area contributed by atoms with Gasteiger partial charge in [-0.1, -0.05) is 13.0 Å². The summed E-state index contributed by atoms with van der Waals surface area (Å²) in [6.45, 7) is 1.78. The van der Waals surface area contributed by atoms with Crippen molar-refractivity contribution < 1.29 is 46.6 Å². The fraction of sp³-hybridized carbons (Fsp3) is 0.350. The average molecular weight is 475 g/mol. The third kappa shape index (κ3) is 4.03. The summed E-state index contributed by atoms with van der Waals surface area (Å²) in [5.41, 5.74) is 1.25. The molecule has 1 fully saturated rings. The molecule has 1 saturated heterocycles. The van der Waals surface area contributed by atoms with E-state index >= 15 is 0 Å². The van der Waals surface area contributed by atoms with Crippen LogP contribution in [0.15, 0.2) is 35.5 Å². The Labute approximate surface area is 182 Å². The number of nitrogens with zero attached hydrogens (tertiary/aromatic N) is 2. The van der Waals surface area contributed by atoms with Crippen molar-refractivity contribution in [3.63, 3.8) is 0 Å². The minimum absolute atomic E-state index is 0.246. The maximum atomic E-state index is 14.0. The van der Waals surface area contributed by atoms with Gasteiger partial charge < -0.3 is 20.8 Å². The fourth-order valence-corrected chi connectivity index (χ4v) is 3.76. The molecule has 1 aliphatic heterocycles. The van der Waals surface area contributed by atoms with Crippen LogP contribution in [0.25, 0.3) is 0 Å². The lowest BCUT2D eigenvalue weighted by molar-refractivity contribution is -0.272. The summed E-state index contributed by atoms with van der Waals surface area (Å²) < 4.78 is 74.4. The Morgan fingerprint density at radius 1 is 1.24 bits per heavy atom. The van der Waals surface area contributed by atoms with E-state index in [1.165, 1.54) is 0 Å². The molecule has 0 radical (unpaired) electrons. The van der Waals surface area contributed by atoms with Crippen molar-refractivity contribution in [1.29, 1.82) is 0 Å². The molecule has 0 unspecified atom stereocenters. The van der Waals surface area contributed by atoms with Crippen molar-refractivity contribution in [3.05, 3.63) is 58.7 Å². The van der Waals surface area contributed by atoms with Crippen molar-refractivity contribution in [1.82, 2.24) is 4.73 Å². The van der Waals surface area contributed by atoms with Gasteiger partial charge in [0.05, 0.1) is 5.36 Å². The topological polar surface area (TPSA) is 127 Å². The number of benzene rings is 1. The van der Waals surface area contributed by atoms with Crippen LogP contribution in [0.5, 0.6) is 5.75 Å². The van der Waals surface area contributed by atoms with Crippen LogP contribution in [-0.4, -0.2) is 44.7 Å². The number of hydrogen-bond donors (Lipinski definition) is 3. The van der Waals surface area contributed by atoms with Gasteiger partial charge in [0.15, 0.2) is 17.2 Å². The second kappa shape index (κ2) is 8.14. The maximum Gasteiger partial charge on any atom is 0.417 e. The quantitative estimate of drug-likeness (QED) is 0.464. The van der Waals surface area contributed by atoms with Gasteiger partial charge in [0, 0.05) is 23.6 Å². The number of phenols is 1. The number of carbonyl (C=O) groups excluding carboxylic acids is 2. The van der Waals surface area contributed by atoms with Crippen LogP contribution in [0.3, 0.4) is 0 Å². The van der Waals surface area contributed by atoms with Crippen LogP contribution in [-0.2, 0) is 9.53 Å². The van der Waals surface area contributed by atoms with Crippen molar-refractivity contribution in [2.75, 3.05) is 0 Å². The summed E-state index contributed by atoms with van der Waals surface area (Å²) in [4.78, 5) is 27.9. The number of amides is 2. The van der Waals surface area contributed by atoms with Gasteiger partial charge in [0.2, 0.25) is 5.82 Å². The number of alkyl halides is 3. The number of hydrogen-bond acceptors (Lipinski definition) is 5. The molecule has 8 nitrogen and oxygen atoms in total. The van der Waals surface area contributed by atoms with Gasteiger partial charge in [0.25, 0.3) is 11.8 Å². The molecule has 0 aliphatic carbocycles. The second-order valence-electron chi connectivity index (χ2n) is 7.69. The first-order chi connectivity index (χ1) is 15.2. The third-order valence-electron chi connectivity index (χ3n) is 5.78. The van der Waals surface area contributed by atoms with Crippen molar-refractivity contribution in [2.24, 2.45) is 16.6 Å². The zero-order valence-corrected chi connectivity index (χ0v) is 17.1. The predicted octanol–water partition coefficient (Wildman–Crippen LogP) is 2.38. The zero-order chi connectivity index (χ0) is 24.9. The number of pyridine rings is 1. The first-order valence-electron chi connectivity index (χ1n) is 9.40. The zero-order valence-electron chi connectivity index (χ0n) is 17.1. The molecule has 0 saturated carbocycles. The Hall–Kier alpha value is -3.48. The van der Waals surface area contributed by atoms with Gasteiger partial charge in [-0.2, -0.15) is 22.3 Å². The molecule has 1 aromatic carbocycles. The smallest absolute Gasteiger partial charge is 0.417 e. The molecule has 4 atom stereocenters. The highest BCUT2D eigenvalue weighted by atomic mass is 19.4. The number of carbonyl (C=O) groups is 2. The Morgan fingerprint density at radius 3 is 2.45 bits per heavy atom. The Morgan fingerprint density at radius 2 is 1.88 bits per heavy atom. The van der Waals surface area contributed by atoms with E-state index in [1.54, 1.807) is 0 Å². The normalized spacial score (nSPS) is 25.9. The largest absolute Gasteiger partial charge is 0.505 e. The summed E-state index contributed by atoms with van der Waals surface area (Å²) >= 11 is 0. The van der Waals surface area contributed by atoms with E-state index in [4.69, 9.17) is 10.5 Å². The molecule has 0 bridgehead atoms. The highest BCUT2D eigenvalue weighted by molar-refractivity contribution is 5.91. The number of ether oxygens (including phenoxy) is 1. The van der Waals surface area contributed by atoms with Crippen molar-refractivity contribution in [2.45, 2.75) is 37.6 Å². The average Bonchev–Trinajstić information content (AvgIpc) is 3.00. The van der Waals surface area contributed by atoms with Gasteiger partial charge in [-0.05, 0) is 25.1 Å². The number of halogens is 5. The highest BCUT2D eigenvalue weighted by Crippen LogP contribution is 2.54. The molecule has 2 aromatic rings. The predicted molar refractivity (Wildman–Crippen MR) is 100.0 cm³/mol. The molecule has 178 valence electrons. The molecule has 13 heteroatoms.